The Balaban J connectivity index is 1.53. The average molecular weight is 363 g/mol. The Labute approximate surface area is 156 Å². The van der Waals surface area contributed by atoms with Crippen molar-refractivity contribution in [2.75, 3.05) is 0 Å². The van der Waals surface area contributed by atoms with Crippen LogP contribution in [0.15, 0.2) is 78.6 Å². The molecule has 0 unspecified atom stereocenters. The number of halogens is 1. The highest BCUT2D eigenvalue weighted by molar-refractivity contribution is 6.31. The molecule has 0 fully saturated rings. The van der Waals surface area contributed by atoms with Gasteiger partial charge < -0.3 is 9.47 Å². The van der Waals surface area contributed by atoms with Crippen LogP contribution in [0.5, 0.6) is 11.5 Å². The Morgan fingerprint density at radius 1 is 0.962 bits per heavy atom. The minimum Gasteiger partial charge on any atom is -0.489 e. The molecule has 0 bridgehead atoms. The van der Waals surface area contributed by atoms with Gasteiger partial charge in [-0.3, -0.25) is 4.79 Å². The van der Waals surface area contributed by atoms with Crippen molar-refractivity contribution < 1.29 is 14.3 Å². The maximum absolute atomic E-state index is 12.5. The summed E-state index contributed by atoms with van der Waals surface area (Å²) >= 11 is 6.14. The van der Waals surface area contributed by atoms with E-state index in [-0.39, 0.29) is 5.78 Å². The van der Waals surface area contributed by atoms with Gasteiger partial charge in [0.05, 0.1) is 5.56 Å². The van der Waals surface area contributed by atoms with Gasteiger partial charge in [0, 0.05) is 16.7 Å². The van der Waals surface area contributed by atoms with E-state index in [1.165, 1.54) is 0 Å². The van der Waals surface area contributed by atoms with Crippen molar-refractivity contribution in [1.82, 2.24) is 0 Å². The quantitative estimate of drug-likeness (QED) is 0.572. The zero-order chi connectivity index (χ0) is 17.9. The van der Waals surface area contributed by atoms with Crippen LogP contribution in [0.25, 0.3) is 6.08 Å². The Hall–Kier alpha value is -3.04. The van der Waals surface area contributed by atoms with E-state index in [0.29, 0.717) is 34.5 Å². The first-order valence-electron chi connectivity index (χ1n) is 8.20. The molecule has 3 aromatic rings. The van der Waals surface area contributed by atoms with E-state index < -0.39 is 0 Å². The van der Waals surface area contributed by atoms with Crippen LogP contribution in [0, 0.1) is 0 Å². The van der Waals surface area contributed by atoms with Crippen molar-refractivity contribution in [2.24, 2.45) is 0 Å². The molecule has 0 aliphatic carbocycles. The second-order valence-corrected chi connectivity index (χ2v) is 6.30. The van der Waals surface area contributed by atoms with Crippen LogP contribution in [-0.2, 0) is 6.61 Å². The standard InChI is InChI=1S/C22H15ClO3/c23-19-9-5-4-8-16(19)14-25-17-10-11-18-20(13-17)26-21(22(18)24)12-15-6-2-1-3-7-15/h1-13H,14H2/b21-12-. The molecule has 3 nitrogen and oxygen atoms in total. The fourth-order valence-electron chi connectivity index (χ4n) is 2.73. The Kier molecular flexibility index (Phi) is 4.46. The first-order chi connectivity index (χ1) is 12.7. The molecular weight excluding hydrogens is 348 g/mol. The van der Waals surface area contributed by atoms with Gasteiger partial charge >= 0.3 is 0 Å². The molecule has 0 N–H and O–H groups in total. The normalized spacial score (nSPS) is 14.2. The van der Waals surface area contributed by atoms with Crippen molar-refractivity contribution in [3.05, 3.63) is 100 Å². The molecule has 4 heteroatoms. The molecule has 0 saturated heterocycles. The van der Waals surface area contributed by atoms with Gasteiger partial charge in [-0.1, -0.05) is 60.1 Å². The molecule has 0 aromatic heterocycles. The van der Waals surface area contributed by atoms with Crippen molar-refractivity contribution in [3.8, 4) is 11.5 Å². The third kappa shape index (κ3) is 3.35. The lowest BCUT2D eigenvalue weighted by Gasteiger charge is -2.08. The van der Waals surface area contributed by atoms with Crippen LogP contribution < -0.4 is 9.47 Å². The number of benzene rings is 3. The molecule has 0 amide bonds. The fraction of sp³-hybridized carbons (Fsp3) is 0.0455. The lowest BCUT2D eigenvalue weighted by atomic mass is 10.1. The van der Waals surface area contributed by atoms with Crippen molar-refractivity contribution in [2.45, 2.75) is 6.61 Å². The molecule has 1 aliphatic heterocycles. The number of allylic oxidation sites excluding steroid dienone is 1. The molecule has 4 rings (SSSR count). The van der Waals surface area contributed by atoms with E-state index in [2.05, 4.69) is 0 Å². The summed E-state index contributed by atoms with van der Waals surface area (Å²) in [6, 6.07) is 22.4. The molecule has 128 valence electrons. The maximum atomic E-state index is 12.5. The highest BCUT2D eigenvalue weighted by Crippen LogP contribution is 2.35. The van der Waals surface area contributed by atoms with Gasteiger partial charge in [-0.15, -0.1) is 0 Å². The molecule has 0 spiro atoms. The van der Waals surface area contributed by atoms with Crippen molar-refractivity contribution >= 4 is 23.5 Å². The number of ketones is 1. The number of carbonyl (C=O) groups is 1. The molecule has 1 aliphatic rings. The Morgan fingerprint density at radius 2 is 1.73 bits per heavy atom. The van der Waals surface area contributed by atoms with Crippen molar-refractivity contribution in [3.63, 3.8) is 0 Å². The van der Waals surface area contributed by atoms with E-state index >= 15 is 0 Å². The summed E-state index contributed by atoms with van der Waals surface area (Å²) in [5, 5.41) is 0.660. The van der Waals surface area contributed by atoms with Crippen LogP contribution in [0.1, 0.15) is 21.5 Å². The Morgan fingerprint density at radius 3 is 2.54 bits per heavy atom. The summed E-state index contributed by atoms with van der Waals surface area (Å²) in [4.78, 5) is 12.5. The third-order valence-electron chi connectivity index (χ3n) is 4.09. The number of carbonyl (C=O) groups excluding carboxylic acids is 1. The predicted molar refractivity (Wildman–Crippen MR) is 102 cm³/mol. The summed E-state index contributed by atoms with van der Waals surface area (Å²) in [5.41, 5.74) is 2.35. The highest BCUT2D eigenvalue weighted by Gasteiger charge is 2.27. The van der Waals surface area contributed by atoms with Gasteiger partial charge in [-0.05, 0) is 29.8 Å². The predicted octanol–water partition coefficient (Wildman–Crippen LogP) is 5.54. The van der Waals surface area contributed by atoms with Gasteiger partial charge in [0.15, 0.2) is 5.76 Å². The van der Waals surface area contributed by atoms with Gasteiger partial charge in [-0.2, -0.15) is 0 Å². The topological polar surface area (TPSA) is 35.5 Å². The highest BCUT2D eigenvalue weighted by atomic mass is 35.5. The van der Waals surface area contributed by atoms with Crippen LogP contribution >= 0.6 is 11.6 Å². The average Bonchev–Trinajstić information content (AvgIpc) is 2.97. The lowest BCUT2D eigenvalue weighted by molar-refractivity contribution is 0.101. The summed E-state index contributed by atoms with van der Waals surface area (Å²) in [7, 11) is 0. The lowest BCUT2D eigenvalue weighted by Crippen LogP contribution is -1.98. The fourth-order valence-corrected chi connectivity index (χ4v) is 2.92. The molecule has 26 heavy (non-hydrogen) atoms. The van der Waals surface area contributed by atoms with E-state index in [9.17, 15) is 4.79 Å². The zero-order valence-electron chi connectivity index (χ0n) is 13.8. The van der Waals surface area contributed by atoms with Gasteiger partial charge in [0.2, 0.25) is 5.78 Å². The van der Waals surface area contributed by atoms with E-state index in [1.54, 1.807) is 24.3 Å². The zero-order valence-corrected chi connectivity index (χ0v) is 14.6. The second kappa shape index (κ2) is 7.06. The van der Waals surface area contributed by atoms with Crippen LogP contribution in [0.3, 0.4) is 0 Å². The number of Topliss-reactive ketones (excluding diaryl/α,β-unsaturated/α-hetero) is 1. The molecule has 1 heterocycles. The minimum absolute atomic E-state index is 0.124. The van der Waals surface area contributed by atoms with Gasteiger partial charge in [0.25, 0.3) is 0 Å². The largest absolute Gasteiger partial charge is 0.489 e. The number of rotatable bonds is 4. The van der Waals surface area contributed by atoms with Gasteiger partial charge in [0.1, 0.15) is 18.1 Å². The van der Waals surface area contributed by atoms with E-state index in [1.807, 2.05) is 54.6 Å². The molecule has 0 atom stereocenters. The number of ether oxygens (including phenoxy) is 2. The van der Waals surface area contributed by atoms with E-state index in [4.69, 9.17) is 21.1 Å². The maximum Gasteiger partial charge on any atom is 0.231 e. The Bertz CT molecular complexity index is 993. The smallest absolute Gasteiger partial charge is 0.231 e. The first-order valence-corrected chi connectivity index (χ1v) is 8.58. The molecule has 0 saturated carbocycles. The monoisotopic (exact) mass is 362 g/mol. The van der Waals surface area contributed by atoms with Crippen LogP contribution in [-0.4, -0.2) is 5.78 Å². The number of hydrogen-bond acceptors (Lipinski definition) is 3. The second-order valence-electron chi connectivity index (χ2n) is 5.89. The first kappa shape index (κ1) is 16.4. The van der Waals surface area contributed by atoms with Gasteiger partial charge in [-0.25, -0.2) is 0 Å². The van der Waals surface area contributed by atoms with E-state index in [0.717, 1.165) is 11.1 Å². The van der Waals surface area contributed by atoms with Crippen LogP contribution in [0.2, 0.25) is 5.02 Å². The van der Waals surface area contributed by atoms with Crippen molar-refractivity contribution in [1.29, 1.82) is 0 Å². The summed E-state index contributed by atoms with van der Waals surface area (Å²) in [6.07, 6.45) is 1.74. The van der Waals surface area contributed by atoms with Crippen LogP contribution in [0.4, 0.5) is 0 Å². The summed E-state index contributed by atoms with van der Waals surface area (Å²) < 4.78 is 11.5. The summed E-state index contributed by atoms with van der Waals surface area (Å²) in [6.45, 7) is 0.346. The third-order valence-corrected chi connectivity index (χ3v) is 4.46. The SMILES string of the molecule is O=C1/C(=C/c2ccccc2)Oc2cc(OCc3ccccc3Cl)ccc21. The molecular formula is C22H15ClO3. The number of hydrogen-bond donors (Lipinski definition) is 0. The number of fused-ring (bicyclic) bond motifs is 1. The molecule has 0 radical (unpaired) electrons. The molecule has 3 aromatic carbocycles. The minimum atomic E-state index is -0.124. The summed E-state index contributed by atoms with van der Waals surface area (Å²) in [5.74, 6) is 1.32.